The molecule has 1 aliphatic heterocycles. The second-order valence-electron chi connectivity index (χ2n) is 5.68. The van der Waals surface area contributed by atoms with Crippen LogP contribution in [-0.2, 0) is 19.9 Å². The first kappa shape index (κ1) is 18.4. The number of nitrogens with zero attached hydrogens (tertiary/aromatic N) is 1. The number of hydrogen-bond acceptors (Lipinski definition) is 5. The predicted octanol–water partition coefficient (Wildman–Crippen LogP) is 2.34. The molecule has 1 heterocycles. The topological polar surface area (TPSA) is 80.8 Å². The van der Waals surface area contributed by atoms with E-state index in [-0.39, 0.29) is 16.3 Å². The number of anilines is 1. The fourth-order valence-electron chi connectivity index (χ4n) is 2.66. The molecule has 0 fully saturated rings. The maximum Gasteiger partial charge on any atom is 0.264 e. The van der Waals surface area contributed by atoms with Crippen LogP contribution in [0, 0.1) is 5.82 Å². The smallest absolute Gasteiger partial charge is 0.264 e. The first-order valence-corrected chi connectivity index (χ1v) is 10.7. The van der Waals surface area contributed by atoms with Gasteiger partial charge in [-0.25, -0.2) is 21.2 Å². The van der Waals surface area contributed by atoms with Gasteiger partial charge in [0.25, 0.3) is 10.0 Å². The minimum Gasteiger partial charge on any atom is -0.497 e. The van der Waals surface area contributed by atoms with Gasteiger partial charge in [0.15, 0.2) is 9.84 Å². The predicted molar refractivity (Wildman–Crippen MR) is 95.8 cm³/mol. The van der Waals surface area contributed by atoms with Crippen molar-refractivity contribution in [2.45, 2.75) is 10.9 Å². The molecule has 1 aliphatic rings. The van der Waals surface area contributed by atoms with E-state index in [1.807, 2.05) is 0 Å². The van der Waals surface area contributed by atoms with E-state index in [1.165, 1.54) is 25.3 Å². The Morgan fingerprint density at radius 1 is 1.08 bits per heavy atom. The normalized spacial score (nSPS) is 18.6. The molecule has 1 atom stereocenters. The van der Waals surface area contributed by atoms with Crippen LogP contribution < -0.4 is 9.04 Å². The fourth-order valence-corrected chi connectivity index (χ4v) is 5.63. The standard InChI is InChI=1S/C17H16FNO5S2/c1-24-16-6-4-14(5-7-16)19(15-10-11-25(20,21)12-15)26(22,23)17-8-2-13(18)3-9-17/h2-11,15H,12H2,1H3. The maximum atomic E-state index is 13.2. The van der Waals surface area contributed by atoms with Gasteiger partial charge in [-0.1, -0.05) is 0 Å². The van der Waals surface area contributed by atoms with Crippen molar-refractivity contribution in [2.24, 2.45) is 0 Å². The van der Waals surface area contributed by atoms with Crippen molar-refractivity contribution in [1.29, 1.82) is 0 Å². The van der Waals surface area contributed by atoms with Gasteiger partial charge in [0.1, 0.15) is 11.6 Å². The number of sulfone groups is 1. The van der Waals surface area contributed by atoms with Gasteiger partial charge in [-0.15, -0.1) is 0 Å². The summed E-state index contributed by atoms with van der Waals surface area (Å²) in [5, 5.41) is 1.01. The van der Waals surface area contributed by atoms with Crippen molar-refractivity contribution >= 4 is 25.5 Å². The third-order valence-electron chi connectivity index (χ3n) is 3.91. The van der Waals surface area contributed by atoms with E-state index in [0.717, 1.165) is 34.0 Å². The summed E-state index contributed by atoms with van der Waals surface area (Å²) >= 11 is 0. The quantitative estimate of drug-likeness (QED) is 0.774. The Labute approximate surface area is 151 Å². The van der Waals surface area contributed by atoms with Crippen LogP contribution in [0.4, 0.5) is 10.1 Å². The van der Waals surface area contributed by atoms with Gasteiger partial charge in [0.05, 0.1) is 29.5 Å². The summed E-state index contributed by atoms with van der Waals surface area (Å²) in [5.41, 5.74) is 0.280. The van der Waals surface area contributed by atoms with Crippen LogP contribution in [0.15, 0.2) is 64.9 Å². The number of rotatable bonds is 5. The van der Waals surface area contributed by atoms with Gasteiger partial charge in [-0.3, -0.25) is 4.31 Å². The average Bonchev–Trinajstić information content (AvgIpc) is 2.95. The SMILES string of the molecule is COc1ccc(N(C2C=CS(=O)(=O)C2)S(=O)(=O)c2ccc(F)cc2)cc1. The third kappa shape index (κ3) is 3.58. The van der Waals surface area contributed by atoms with Crippen molar-refractivity contribution in [3.8, 4) is 5.75 Å². The van der Waals surface area contributed by atoms with Crippen LogP contribution in [0.5, 0.6) is 5.75 Å². The van der Waals surface area contributed by atoms with Gasteiger partial charge >= 0.3 is 0 Å². The molecule has 3 rings (SSSR count). The van der Waals surface area contributed by atoms with Crippen molar-refractivity contribution in [3.05, 3.63) is 65.8 Å². The molecule has 0 radical (unpaired) electrons. The van der Waals surface area contributed by atoms with Crippen molar-refractivity contribution < 1.29 is 26.0 Å². The van der Waals surface area contributed by atoms with Crippen LogP contribution in [0.2, 0.25) is 0 Å². The van der Waals surface area contributed by atoms with Crippen LogP contribution in [0.3, 0.4) is 0 Å². The molecule has 0 spiro atoms. The molecule has 0 bridgehead atoms. The van der Waals surface area contributed by atoms with Crippen LogP contribution in [0.1, 0.15) is 0 Å². The lowest BCUT2D eigenvalue weighted by Crippen LogP contribution is -2.41. The van der Waals surface area contributed by atoms with E-state index in [4.69, 9.17) is 4.74 Å². The summed E-state index contributed by atoms with van der Waals surface area (Å²) in [6.45, 7) is 0. The zero-order chi connectivity index (χ0) is 18.9. The summed E-state index contributed by atoms with van der Waals surface area (Å²) in [6, 6.07) is 9.69. The molecule has 0 amide bonds. The highest BCUT2D eigenvalue weighted by Crippen LogP contribution is 2.31. The van der Waals surface area contributed by atoms with E-state index in [9.17, 15) is 21.2 Å². The van der Waals surface area contributed by atoms with E-state index in [1.54, 1.807) is 12.1 Å². The number of benzene rings is 2. The van der Waals surface area contributed by atoms with E-state index in [0.29, 0.717) is 5.75 Å². The average molecular weight is 397 g/mol. The Balaban J connectivity index is 2.10. The summed E-state index contributed by atoms with van der Waals surface area (Å²) < 4.78 is 69.2. The zero-order valence-corrected chi connectivity index (χ0v) is 15.4. The first-order valence-electron chi connectivity index (χ1n) is 7.58. The summed E-state index contributed by atoms with van der Waals surface area (Å²) in [6.07, 6.45) is 1.33. The minimum atomic E-state index is -4.11. The first-order chi connectivity index (χ1) is 12.2. The zero-order valence-electron chi connectivity index (χ0n) is 13.7. The number of ether oxygens (including phenoxy) is 1. The molecule has 138 valence electrons. The second-order valence-corrected chi connectivity index (χ2v) is 9.42. The largest absolute Gasteiger partial charge is 0.497 e. The Hall–Kier alpha value is -2.39. The molecule has 0 aromatic heterocycles. The minimum absolute atomic E-state index is 0.132. The molecule has 0 aliphatic carbocycles. The van der Waals surface area contributed by atoms with Gasteiger partial charge in [0, 0.05) is 5.41 Å². The molecule has 0 saturated heterocycles. The molecule has 9 heteroatoms. The Bertz CT molecular complexity index is 1030. The lowest BCUT2D eigenvalue weighted by molar-refractivity contribution is 0.415. The molecular weight excluding hydrogens is 381 g/mol. The fraction of sp³-hybridized carbons (Fsp3) is 0.176. The molecule has 6 nitrogen and oxygen atoms in total. The van der Waals surface area contributed by atoms with Crippen molar-refractivity contribution in [3.63, 3.8) is 0 Å². The van der Waals surface area contributed by atoms with E-state index < -0.39 is 31.7 Å². The highest BCUT2D eigenvalue weighted by molar-refractivity contribution is 7.95. The van der Waals surface area contributed by atoms with Gasteiger partial charge in [-0.2, -0.15) is 0 Å². The Kier molecular flexibility index (Phi) is 4.76. The Morgan fingerprint density at radius 3 is 2.19 bits per heavy atom. The van der Waals surface area contributed by atoms with Crippen LogP contribution in [0.25, 0.3) is 0 Å². The summed E-state index contributed by atoms with van der Waals surface area (Å²) in [4.78, 5) is -0.132. The molecule has 2 aromatic carbocycles. The number of methoxy groups -OCH3 is 1. The molecular formula is C17H16FNO5S2. The number of hydrogen-bond donors (Lipinski definition) is 0. The van der Waals surface area contributed by atoms with Gasteiger partial charge in [0.2, 0.25) is 0 Å². The highest BCUT2D eigenvalue weighted by Gasteiger charge is 2.35. The van der Waals surface area contributed by atoms with E-state index in [2.05, 4.69) is 0 Å². The van der Waals surface area contributed by atoms with Gasteiger partial charge in [-0.05, 0) is 54.6 Å². The lowest BCUT2D eigenvalue weighted by atomic mass is 10.2. The second kappa shape index (κ2) is 6.73. The summed E-state index contributed by atoms with van der Waals surface area (Å²) in [5.74, 6) is -0.398. The molecule has 2 aromatic rings. The number of sulfonamides is 1. The number of halogens is 1. The molecule has 0 saturated carbocycles. The lowest BCUT2D eigenvalue weighted by Gasteiger charge is -2.29. The highest BCUT2D eigenvalue weighted by atomic mass is 32.2. The molecule has 0 N–H and O–H groups in total. The van der Waals surface area contributed by atoms with Gasteiger partial charge < -0.3 is 4.74 Å². The van der Waals surface area contributed by atoms with Crippen LogP contribution >= 0.6 is 0 Å². The van der Waals surface area contributed by atoms with Crippen molar-refractivity contribution in [1.82, 2.24) is 0 Å². The van der Waals surface area contributed by atoms with Crippen molar-refractivity contribution in [2.75, 3.05) is 17.2 Å². The molecule has 1 unspecified atom stereocenters. The summed E-state index contributed by atoms with van der Waals surface area (Å²) in [7, 11) is -6.12. The maximum absolute atomic E-state index is 13.2. The van der Waals surface area contributed by atoms with E-state index >= 15 is 0 Å². The van der Waals surface area contributed by atoms with Crippen LogP contribution in [-0.4, -0.2) is 35.7 Å². The monoisotopic (exact) mass is 397 g/mol. The molecule has 26 heavy (non-hydrogen) atoms. The Morgan fingerprint density at radius 2 is 1.69 bits per heavy atom. The third-order valence-corrected chi connectivity index (χ3v) is 7.16.